The van der Waals surface area contributed by atoms with E-state index in [0.29, 0.717) is 18.5 Å². The van der Waals surface area contributed by atoms with E-state index in [9.17, 15) is 5.11 Å². The van der Waals surface area contributed by atoms with E-state index in [-0.39, 0.29) is 0 Å². The summed E-state index contributed by atoms with van der Waals surface area (Å²) in [5, 5.41) is 10.4. The predicted molar refractivity (Wildman–Crippen MR) is 97.0 cm³/mol. The molecule has 0 spiro atoms. The second-order valence-electron chi connectivity index (χ2n) is 6.98. The number of phenols is 1. The first-order valence-corrected chi connectivity index (χ1v) is 9.70. The second kappa shape index (κ2) is 9.97. The molecule has 1 fully saturated rings. The van der Waals surface area contributed by atoms with Crippen molar-refractivity contribution >= 4 is 0 Å². The van der Waals surface area contributed by atoms with E-state index in [0.717, 1.165) is 18.4 Å². The highest BCUT2D eigenvalue weighted by Crippen LogP contribution is 2.30. The molecule has 1 saturated carbocycles. The molecule has 0 bridgehead atoms. The van der Waals surface area contributed by atoms with Crippen LogP contribution in [0.1, 0.15) is 88.3 Å². The molecule has 0 amide bonds. The topological polar surface area (TPSA) is 29.5 Å². The predicted octanol–water partition coefficient (Wildman–Crippen LogP) is 5.93. The van der Waals surface area contributed by atoms with Gasteiger partial charge in [-0.15, -0.1) is 0 Å². The maximum absolute atomic E-state index is 10.4. The van der Waals surface area contributed by atoms with Crippen LogP contribution in [0.4, 0.5) is 0 Å². The molecule has 0 radical (unpaired) electrons. The van der Waals surface area contributed by atoms with Crippen LogP contribution in [-0.4, -0.2) is 11.2 Å². The molecule has 1 N–H and O–H groups in total. The number of unbranched alkanes of at least 4 members (excludes halogenated alkanes) is 2. The fraction of sp³-hybridized carbons (Fsp3) is 0.714. The van der Waals surface area contributed by atoms with E-state index in [4.69, 9.17) is 4.74 Å². The van der Waals surface area contributed by atoms with E-state index in [2.05, 4.69) is 19.9 Å². The zero-order chi connectivity index (χ0) is 16.5. The van der Waals surface area contributed by atoms with Crippen molar-refractivity contribution in [2.75, 3.05) is 0 Å². The van der Waals surface area contributed by atoms with E-state index in [1.807, 2.05) is 6.07 Å². The normalized spacial score (nSPS) is 15.9. The lowest BCUT2D eigenvalue weighted by molar-refractivity contribution is 0.0157. The fourth-order valence-electron chi connectivity index (χ4n) is 3.59. The van der Waals surface area contributed by atoms with Gasteiger partial charge in [-0.2, -0.15) is 0 Å². The third kappa shape index (κ3) is 5.53. The molecule has 23 heavy (non-hydrogen) atoms. The highest BCUT2D eigenvalue weighted by atomic mass is 16.5. The summed E-state index contributed by atoms with van der Waals surface area (Å²) >= 11 is 0. The molecule has 0 aromatic heterocycles. The molecule has 0 heterocycles. The van der Waals surface area contributed by atoms with Gasteiger partial charge in [-0.05, 0) is 55.7 Å². The van der Waals surface area contributed by atoms with Crippen molar-refractivity contribution in [3.05, 3.63) is 28.8 Å². The number of aryl methyl sites for hydroxylation is 1. The number of hydrogen-bond acceptors (Lipinski definition) is 2. The number of rotatable bonds is 9. The molecular weight excluding hydrogens is 284 g/mol. The zero-order valence-corrected chi connectivity index (χ0v) is 15.1. The van der Waals surface area contributed by atoms with E-state index < -0.39 is 0 Å². The molecular formula is C21H34O2. The van der Waals surface area contributed by atoms with E-state index in [1.165, 1.54) is 68.9 Å². The van der Waals surface area contributed by atoms with Gasteiger partial charge in [0.2, 0.25) is 0 Å². The van der Waals surface area contributed by atoms with Crippen molar-refractivity contribution in [3.63, 3.8) is 0 Å². The molecule has 2 heteroatoms. The monoisotopic (exact) mass is 318 g/mol. The van der Waals surface area contributed by atoms with Gasteiger partial charge in [0.15, 0.2) is 0 Å². The molecule has 2 nitrogen and oxygen atoms in total. The van der Waals surface area contributed by atoms with Gasteiger partial charge >= 0.3 is 0 Å². The van der Waals surface area contributed by atoms with Gasteiger partial charge in [-0.1, -0.05) is 52.0 Å². The van der Waals surface area contributed by atoms with E-state index >= 15 is 0 Å². The van der Waals surface area contributed by atoms with Gasteiger partial charge in [0, 0.05) is 5.56 Å². The van der Waals surface area contributed by atoms with Crippen LogP contribution in [0, 0.1) is 0 Å². The minimum atomic E-state index is 0.390. The van der Waals surface area contributed by atoms with E-state index in [1.54, 1.807) is 0 Å². The smallest absolute Gasteiger partial charge is 0.121 e. The number of benzene rings is 1. The number of ether oxygens (including phenoxy) is 1. The van der Waals surface area contributed by atoms with Crippen LogP contribution >= 0.6 is 0 Å². The maximum Gasteiger partial charge on any atom is 0.121 e. The van der Waals surface area contributed by atoms with Crippen molar-refractivity contribution in [1.29, 1.82) is 0 Å². The minimum Gasteiger partial charge on any atom is -0.508 e. The largest absolute Gasteiger partial charge is 0.508 e. The average molecular weight is 319 g/mol. The van der Waals surface area contributed by atoms with Crippen molar-refractivity contribution < 1.29 is 9.84 Å². The Morgan fingerprint density at radius 2 is 1.65 bits per heavy atom. The zero-order valence-electron chi connectivity index (χ0n) is 15.1. The minimum absolute atomic E-state index is 0.390. The van der Waals surface area contributed by atoms with Crippen LogP contribution < -0.4 is 0 Å². The Morgan fingerprint density at radius 3 is 2.35 bits per heavy atom. The van der Waals surface area contributed by atoms with Crippen LogP contribution in [0.25, 0.3) is 0 Å². The Bertz CT molecular complexity index is 461. The van der Waals surface area contributed by atoms with Gasteiger partial charge in [0.1, 0.15) is 5.75 Å². The molecule has 1 aromatic carbocycles. The molecule has 0 saturated heterocycles. The Balaban J connectivity index is 2.12. The van der Waals surface area contributed by atoms with Gasteiger partial charge in [0.05, 0.1) is 12.7 Å². The lowest BCUT2D eigenvalue weighted by Gasteiger charge is -2.24. The summed E-state index contributed by atoms with van der Waals surface area (Å²) in [6.45, 7) is 5.04. The standard InChI is InChI=1S/C21H34O2/c1-3-5-10-17-14-15-21(22)20(19(17)13-6-4-2)16-23-18-11-8-7-9-12-18/h14-15,18,22H,3-13,16H2,1-2H3. The lowest BCUT2D eigenvalue weighted by Crippen LogP contribution is -2.17. The van der Waals surface area contributed by atoms with Gasteiger partial charge in [-0.3, -0.25) is 0 Å². The Kier molecular flexibility index (Phi) is 7.94. The first kappa shape index (κ1) is 18.3. The summed E-state index contributed by atoms with van der Waals surface area (Å²) in [7, 11) is 0. The number of hydrogen-bond donors (Lipinski definition) is 1. The number of aromatic hydroxyl groups is 1. The third-order valence-electron chi connectivity index (χ3n) is 5.10. The third-order valence-corrected chi connectivity index (χ3v) is 5.10. The summed E-state index contributed by atoms with van der Waals surface area (Å²) in [5.41, 5.74) is 3.83. The highest BCUT2D eigenvalue weighted by Gasteiger charge is 2.17. The van der Waals surface area contributed by atoms with Crippen molar-refractivity contribution in [2.45, 2.75) is 97.2 Å². The summed E-state index contributed by atoms with van der Waals surface area (Å²) in [6.07, 6.45) is 13.6. The Morgan fingerprint density at radius 1 is 0.957 bits per heavy atom. The van der Waals surface area contributed by atoms with Crippen molar-refractivity contribution in [1.82, 2.24) is 0 Å². The highest BCUT2D eigenvalue weighted by molar-refractivity contribution is 5.44. The molecule has 0 atom stereocenters. The molecule has 0 unspecified atom stereocenters. The summed E-state index contributed by atoms with van der Waals surface area (Å²) in [5.74, 6) is 0.423. The van der Waals surface area contributed by atoms with Crippen molar-refractivity contribution in [2.24, 2.45) is 0 Å². The molecule has 1 aliphatic rings. The van der Waals surface area contributed by atoms with Gasteiger partial charge in [-0.25, -0.2) is 0 Å². The Hall–Kier alpha value is -1.02. The molecule has 130 valence electrons. The Labute approximate surface area is 142 Å². The van der Waals surface area contributed by atoms with Crippen LogP contribution in [-0.2, 0) is 24.2 Å². The molecule has 0 aliphatic heterocycles. The lowest BCUT2D eigenvalue weighted by atomic mass is 9.92. The average Bonchev–Trinajstić information content (AvgIpc) is 2.59. The van der Waals surface area contributed by atoms with Crippen LogP contribution in [0.5, 0.6) is 5.75 Å². The first-order valence-electron chi connectivity index (χ1n) is 9.70. The molecule has 2 rings (SSSR count). The van der Waals surface area contributed by atoms with Gasteiger partial charge in [0.25, 0.3) is 0 Å². The molecule has 1 aliphatic carbocycles. The summed E-state index contributed by atoms with van der Waals surface area (Å²) in [6, 6.07) is 4.00. The fourth-order valence-corrected chi connectivity index (χ4v) is 3.59. The van der Waals surface area contributed by atoms with Crippen LogP contribution in [0.15, 0.2) is 12.1 Å². The van der Waals surface area contributed by atoms with Gasteiger partial charge < -0.3 is 9.84 Å². The number of phenolic OH excluding ortho intramolecular Hbond substituents is 1. The first-order chi connectivity index (χ1) is 11.3. The molecule has 1 aromatic rings. The van der Waals surface area contributed by atoms with Crippen LogP contribution in [0.3, 0.4) is 0 Å². The SMILES string of the molecule is CCCCc1ccc(O)c(COC2CCCCC2)c1CCCC. The maximum atomic E-state index is 10.4. The quantitative estimate of drug-likeness (QED) is 0.611. The second-order valence-corrected chi connectivity index (χ2v) is 6.98. The van der Waals surface area contributed by atoms with Crippen molar-refractivity contribution in [3.8, 4) is 5.75 Å². The summed E-state index contributed by atoms with van der Waals surface area (Å²) in [4.78, 5) is 0. The van der Waals surface area contributed by atoms with Crippen LogP contribution in [0.2, 0.25) is 0 Å². The summed E-state index contributed by atoms with van der Waals surface area (Å²) < 4.78 is 6.17.